The van der Waals surface area contributed by atoms with Gasteiger partial charge in [-0.1, -0.05) is 33.6 Å². The fraction of sp³-hybridized carbons (Fsp3) is 0.182. The number of amides is 1. The predicted octanol–water partition coefficient (Wildman–Crippen LogP) is 4.48. The molecule has 1 aliphatic heterocycles. The van der Waals surface area contributed by atoms with Crippen LogP contribution in [0.1, 0.15) is 11.1 Å². The predicted molar refractivity (Wildman–Crippen MR) is 123 cm³/mol. The molecule has 29 heavy (non-hydrogen) atoms. The number of ether oxygens (including phenoxy) is 1. The minimum atomic E-state index is -0.131. The highest BCUT2D eigenvalue weighted by Gasteiger charge is 2.27. The quantitative estimate of drug-likeness (QED) is 0.442. The van der Waals surface area contributed by atoms with Crippen LogP contribution in [0.2, 0.25) is 0 Å². The zero-order valence-corrected chi connectivity index (χ0v) is 18.5. The molecule has 1 aromatic heterocycles. The lowest BCUT2D eigenvalue weighted by Gasteiger charge is -2.08. The summed E-state index contributed by atoms with van der Waals surface area (Å²) in [6.07, 6.45) is 3.89. The third kappa shape index (κ3) is 4.06. The lowest BCUT2D eigenvalue weighted by atomic mass is 10.1. The number of aromatic nitrogens is 1. The maximum atomic E-state index is 12.4. The van der Waals surface area contributed by atoms with Crippen LogP contribution in [0.15, 0.2) is 58.8 Å². The molecule has 2 heterocycles. The van der Waals surface area contributed by atoms with Crippen LogP contribution < -0.4 is 10.1 Å². The van der Waals surface area contributed by atoms with E-state index in [0.29, 0.717) is 24.0 Å². The minimum absolute atomic E-state index is 0.131. The average Bonchev–Trinajstić information content (AvgIpc) is 3.15. The van der Waals surface area contributed by atoms with E-state index in [1.807, 2.05) is 42.6 Å². The molecule has 5 nitrogen and oxygen atoms in total. The van der Waals surface area contributed by atoms with Crippen molar-refractivity contribution in [3.8, 4) is 5.75 Å². The van der Waals surface area contributed by atoms with Gasteiger partial charge in [0.25, 0.3) is 5.91 Å². The second kappa shape index (κ2) is 8.00. The van der Waals surface area contributed by atoms with Crippen LogP contribution in [-0.2, 0) is 11.3 Å². The van der Waals surface area contributed by atoms with E-state index in [0.717, 1.165) is 26.7 Å². The number of rotatable bonds is 5. The van der Waals surface area contributed by atoms with Crippen molar-refractivity contribution in [3.05, 3.63) is 70.0 Å². The van der Waals surface area contributed by atoms with Crippen LogP contribution >= 0.6 is 28.1 Å². The molecule has 7 heteroatoms. The van der Waals surface area contributed by atoms with Gasteiger partial charge in [-0.05, 0) is 55.5 Å². The number of aryl methyl sites for hydroxylation is 1. The van der Waals surface area contributed by atoms with Gasteiger partial charge < -0.3 is 14.6 Å². The number of halogens is 1. The molecule has 1 amide bonds. The van der Waals surface area contributed by atoms with Gasteiger partial charge in [-0.25, -0.2) is 0 Å². The highest BCUT2D eigenvalue weighted by molar-refractivity contribution is 9.10. The first-order valence-electron chi connectivity index (χ1n) is 9.21. The van der Waals surface area contributed by atoms with Crippen molar-refractivity contribution in [2.45, 2.75) is 13.5 Å². The topological polar surface area (TPSA) is 46.5 Å². The molecule has 0 bridgehead atoms. The van der Waals surface area contributed by atoms with Crippen molar-refractivity contribution in [3.63, 3.8) is 0 Å². The molecule has 1 N–H and O–H groups in total. The fourth-order valence-corrected chi connectivity index (χ4v) is 3.83. The molecule has 3 aromatic rings. The zero-order chi connectivity index (χ0) is 20.5. The van der Waals surface area contributed by atoms with Crippen molar-refractivity contribution in [1.29, 1.82) is 0 Å². The minimum Gasteiger partial charge on any atom is -0.492 e. The van der Waals surface area contributed by atoms with E-state index in [1.165, 1.54) is 10.5 Å². The molecule has 0 spiro atoms. The summed E-state index contributed by atoms with van der Waals surface area (Å²) in [6, 6.07) is 14.2. The molecule has 0 aliphatic carbocycles. The third-order valence-electron chi connectivity index (χ3n) is 4.88. The Hall–Kier alpha value is -2.64. The van der Waals surface area contributed by atoms with E-state index in [9.17, 15) is 4.79 Å². The molecule has 0 radical (unpaired) electrons. The number of carbonyl (C=O) groups is 1. The monoisotopic (exact) mass is 469 g/mol. The number of nitrogens with one attached hydrogen (secondary N) is 1. The molecule has 0 saturated carbocycles. The van der Waals surface area contributed by atoms with Crippen LogP contribution in [-0.4, -0.2) is 34.1 Å². The molecule has 0 atom stereocenters. The maximum absolute atomic E-state index is 12.4. The number of thiocarbonyl (C=S) groups is 1. The summed E-state index contributed by atoms with van der Waals surface area (Å²) in [7, 11) is 1.67. The number of benzene rings is 2. The van der Waals surface area contributed by atoms with Gasteiger partial charge in [0.05, 0.1) is 6.54 Å². The van der Waals surface area contributed by atoms with Crippen molar-refractivity contribution < 1.29 is 9.53 Å². The Bertz CT molecular complexity index is 1130. The van der Waals surface area contributed by atoms with Crippen molar-refractivity contribution >= 4 is 56.1 Å². The lowest BCUT2D eigenvalue weighted by Crippen LogP contribution is -2.25. The number of hydrogen-bond acceptors (Lipinski definition) is 3. The van der Waals surface area contributed by atoms with E-state index in [-0.39, 0.29) is 5.91 Å². The number of hydrogen-bond donors (Lipinski definition) is 1. The Morgan fingerprint density at radius 1 is 1.21 bits per heavy atom. The van der Waals surface area contributed by atoms with Gasteiger partial charge in [0.1, 0.15) is 18.1 Å². The zero-order valence-electron chi connectivity index (χ0n) is 16.1. The van der Waals surface area contributed by atoms with Gasteiger partial charge in [0.15, 0.2) is 5.11 Å². The van der Waals surface area contributed by atoms with Crippen molar-refractivity contribution in [1.82, 2.24) is 14.8 Å². The Kier molecular flexibility index (Phi) is 5.43. The molecule has 148 valence electrons. The molecular weight excluding hydrogens is 450 g/mol. The number of nitrogens with zero attached hydrogens (tertiary/aromatic N) is 2. The molecule has 1 aliphatic rings. The molecule has 2 aromatic carbocycles. The van der Waals surface area contributed by atoms with Gasteiger partial charge in [-0.2, -0.15) is 0 Å². The van der Waals surface area contributed by atoms with Gasteiger partial charge in [-0.3, -0.25) is 9.69 Å². The van der Waals surface area contributed by atoms with Crippen LogP contribution in [0.3, 0.4) is 0 Å². The van der Waals surface area contributed by atoms with Crippen LogP contribution in [0, 0.1) is 6.92 Å². The molecule has 0 unspecified atom stereocenters. The van der Waals surface area contributed by atoms with Gasteiger partial charge >= 0.3 is 0 Å². The number of carbonyl (C=O) groups excluding carboxylic acids is 1. The summed E-state index contributed by atoms with van der Waals surface area (Å²) in [4.78, 5) is 13.8. The standard InChI is InChI=1S/C22H20BrN3O2S/c1-14-3-6-17(7-4-14)28-10-9-26-13-15(18-12-16(23)5-8-20(18)26)11-19-21(27)25(2)22(29)24-19/h3-8,11-13H,9-10H2,1-2H3,(H,24,29)/b19-11-. The first-order valence-corrected chi connectivity index (χ1v) is 10.4. The van der Waals surface area contributed by atoms with E-state index in [1.54, 1.807) is 7.05 Å². The van der Waals surface area contributed by atoms with E-state index >= 15 is 0 Å². The molecule has 1 saturated heterocycles. The maximum Gasteiger partial charge on any atom is 0.276 e. The van der Waals surface area contributed by atoms with E-state index in [4.69, 9.17) is 17.0 Å². The van der Waals surface area contributed by atoms with Crippen molar-refractivity contribution in [2.75, 3.05) is 13.7 Å². The number of fused-ring (bicyclic) bond motifs is 1. The molecule has 1 fully saturated rings. The Balaban J connectivity index is 1.61. The third-order valence-corrected chi connectivity index (χ3v) is 5.75. The molecule has 4 rings (SSSR count). The highest BCUT2D eigenvalue weighted by Crippen LogP contribution is 2.27. The second-order valence-corrected chi connectivity index (χ2v) is 8.26. The van der Waals surface area contributed by atoms with Crippen molar-refractivity contribution in [2.24, 2.45) is 0 Å². The normalized spacial score (nSPS) is 15.4. The SMILES string of the molecule is Cc1ccc(OCCn2cc(/C=C3\NC(=S)N(C)C3=O)c3cc(Br)ccc32)cc1. The Morgan fingerprint density at radius 2 is 1.97 bits per heavy atom. The highest BCUT2D eigenvalue weighted by atomic mass is 79.9. The smallest absolute Gasteiger partial charge is 0.276 e. The van der Waals surface area contributed by atoms with E-state index < -0.39 is 0 Å². The largest absolute Gasteiger partial charge is 0.492 e. The number of likely N-dealkylation sites (N-methyl/N-ethyl adjacent to an activating group) is 1. The first kappa shape index (κ1) is 19.7. The van der Waals surface area contributed by atoms with E-state index in [2.05, 4.69) is 44.9 Å². The Labute approximate surface area is 183 Å². The molecular formula is C22H20BrN3O2S. The Morgan fingerprint density at radius 3 is 2.66 bits per heavy atom. The van der Waals surface area contributed by atoms with Gasteiger partial charge in [0.2, 0.25) is 0 Å². The van der Waals surface area contributed by atoms with Crippen LogP contribution in [0.4, 0.5) is 0 Å². The summed E-state index contributed by atoms with van der Waals surface area (Å²) in [5.41, 5.74) is 3.71. The fourth-order valence-electron chi connectivity index (χ4n) is 3.27. The first-order chi connectivity index (χ1) is 13.9. The summed E-state index contributed by atoms with van der Waals surface area (Å²) in [6.45, 7) is 3.29. The summed E-state index contributed by atoms with van der Waals surface area (Å²) < 4.78 is 9.02. The summed E-state index contributed by atoms with van der Waals surface area (Å²) >= 11 is 8.71. The average molecular weight is 470 g/mol. The summed E-state index contributed by atoms with van der Waals surface area (Å²) in [5, 5.41) is 4.45. The summed E-state index contributed by atoms with van der Waals surface area (Å²) in [5.74, 6) is 0.725. The van der Waals surface area contributed by atoms with Crippen LogP contribution in [0.25, 0.3) is 17.0 Å². The van der Waals surface area contributed by atoms with Gasteiger partial charge in [-0.15, -0.1) is 0 Å². The van der Waals surface area contributed by atoms with Crippen LogP contribution in [0.5, 0.6) is 5.75 Å². The lowest BCUT2D eigenvalue weighted by molar-refractivity contribution is -0.121. The van der Waals surface area contributed by atoms with Gasteiger partial charge in [0, 0.05) is 34.2 Å². The second-order valence-electron chi connectivity index (χ2n) is 6.95.